The molecule has 1 aliphatic heterocycles. The second-order valence-corrected chi connectivity index (χ2v) is 5.81. The van der Waals surface area contributed by atoms with Crippen molar-refractivity contribution >= 4 is 44.8 Å². The maximum Gasteiger partial charge on any atom is 0.173 e. The van der Waals surface area contributed by atoms with Gasteiger partial charge in [-0.25, -0.2) is 0 Å². The number of hydrogen-bond donors (Lipinski definition) is 1. The van der Waals surface area contributed by atoms with Crippen LogP contribution in [0.2, 0.25) is 0 Å². The highest BCUT2D eigenvalue weighted by molar-refractivity contribution is 7.80. The molecule has 0 amide bonds. The Labute approximate surface area is 139 Å². The first-order valence-corrected chi connectivity index (χ1v) is 8.00. The molecule has 1 aliphatic rings. The number of pyridine rings is 2. The summed E-state index contributed by atoms with van der Waals surface area (Å²) in [5.41, 5.74) is 2.73. The van der Waals surface area contributed by atoms with Gasteiger partial charge in [0.25, 0.3) is 0 Å². The highest BCUT2D eigenvalue weighted by Gasteiger charge is 2.15. The molecule has 5 nitrogen and oxygen atoms in total. The molecule has 0 saturated carbocycles. The Balaban J connectivity index is 1.77. The molecule has 23 heavy (non-hydrogen) atoms. The number of morpholine rings is 1. The van der Waals surface area contributed by atoms with Crippen molar-refractivity contribution in [1.29, 1.82) is 0 Å². The van der Waals surface area contributed by atoms with Crippen molar-refractivity contribution < 1.29 is 4.74 Å². The van der Waals surface area contributed by atoms with Crippen molar-refractivity contribution in [1.82, 2.24) is 14.9 Å². The number of nitrogens with one attached hydrogen (secondary N) is 1. The molecule has 0 spiro atoms. The summed E-state index contributed by atoms with van der Waals surface area (Å²) in [6, 6.07) is 10.0. The van der Waals surface area contributed by atoms with Crippen molar-refractivity contribution in [3.63, 3.8) is 0 Å². The third-order valence-electron chi connectivity index (χ3n) is 4.01. The van der Waals surface area contributed by atoms with Crippen LogP contribution in [0.3, 0.4) is 0 Å². The third kappa shape index (κ3) is 2.71. The minimum atomic E-state index is 0.704. The van der Waals surface area contributed by atoms with Crippen LogP contribution in [0.4, 0.5) is 5.69 Å². The van der Waals surface area contributed by atoms with Crippen molar-refractivity contribution in [3.8, 4) is 0 Å². The standard InChI is InChI=1S/C17H16N4OS/c23-17(21-7-9-22-10-8-21)20-15-11-14-12(3-1-5-18-14)13-4-2-6-19-16(13)15/h1-6,11H,7-10H2,(H,20,23). The van der Waals surface area contributed by atoms with E-state index in [0.29, 0.717) is 18.3 Å². The van der Waals surface area contributed by atoms with Gasteiger partial charge in [0.05, 0.1) is 29.9 Å². The van der Waals surface area contributed by atoms with Crippen LogP contribution >= 0.6 is 12.2 Å². The zero-order valence-corrected chi connectivity index (χ0v) is 13.3. The van der Waals surface area contributed by atoms with Gasteiger partial charge < -0.3 is 15.0 Å². The Morgan fingerprint density at radius 2 is 1.83 bits per heavy atom. The van der Waals surface area contributed by atoms with Crippen LogP contribution in [0.25, 0.3) is 21.8 Å². The lowest BCUT2D eigenvalue weighted by Gasteiger charge is -2.29. The lowest BCUT2D eigenvalue weighted by Crippen LogP contribution is -2.42. The van der Waals surface area contributed by atoms with E-state index in [4.69, 9.17) is 17.0 Å². The highest BCUT2D eigenvalue weighted by atomic mass is 32.1. The van der Waals surface area contributed by atoms with Gasteiger partial charge in [-0.05, 0) is 30.4 Å². The van der Waals surface area contributed by atoms with E-state index in [1.54, 1.807) is 12.4 Å². The Morgan fingerprint density at radius 1 is 1.09 bits per heavy atom. The molecule has 2 aromatic heterocycles. The van der Waals surface area contributed by atoms with Gasteiger partial charge in [-0.2, -0.15) is 0 Å². The Morgan fingerprint density at radius 3 is 2.65 bits per heavy atom. The topological polar surface area (TPSA) is 50.3 Å². The number of anilines is 1. The van der Waals surface area contributed by atoms with Crippen molar-refractivity contribution in [2.45, 2.75) is 0 Å². The Kier molecular flexibility index (Phi) is 3.77. The smallest absolute Gasteiger partial charge is 0.173 e. The number of benzene rings is 1. The Hall–Kier alpha value is -2.31. The number of nitrogens with zero attached hydrogens (tertiary/aromatic N) is 3. The first-order valence-electron chi connectivity index (χ1n) is 7.59. The number of aromatic nitrogens is 2. The van der Waals surface area contributed by atoms with E-state index in [1.807, 2.05) is 18.2 Å². The molecule has 1 aromatic carbocycles. The van der Waals surface area contributed by atoms with E-state index >= 15 is 0 Å². The summed E-state index contributed by atoms with van der Waals surface area (Å²) in [5, 5.41) is 6.22. The van der Waals surface area contributed by atoms with E-state index in [9.17, 15) is 0 Å². The van der Waals surface area contributed by atoms with Gasteiger partial charge in [0.1, 0.15) is 0 Å². The second-order valence-electron chi connectivity index (χ2n) is 5.42. The molecule has 1 fully saturated rings. The van der Waals surface area contributed by atoms with Crippen LogP contribution in [0.15, 0.2) is 42.7 Å². The largest absolute Gasteiger partial charge is 0.378 e. The molecule has 1 N–H and O–H groups in total. The first kappa shape index (κ1) is 14.3. The fourth-order valence-corrected chi connectivity index (χ4v) is 3.15. The monoisotopic (exact) mass is 324 g/mol. The van der Waals surface area contributed by atoms with Crippen LogP contribution in [-0.2, 0) is 4.74 Å². The van der Waals surface area contributed by atoms with Crippen LogP contribution in [0.5, 0.6) is 0 Å². The molecule has 3 aromatic rings. The summed E-state index contributed by atoms with van der Waals surface area (Å²) >= 11 is 5.55. The van der Waals surface area contributed by atoms with Gasteiger partial charge in [-0.15, -0.1) is 0 Å². The van der Waals surface area contributed by atoms with Crippen molar-refractivity contribution in [3.05, 3.63) is 42.7 Å². The zero-order chi connectivity index (χ0) is 15.6. The maximum absolute atomic E-state index is 5.55. The minimum Gasteiger partial charge on any atom is -0.378 e. The van der Waals surface area contributed by atoms with Crippen LogP contribution in [0.1, 0.15) is 0 Å². The minimum absolute atomic E-state index is 0.704. The van der Waals surface area contributed by atoms with E-state index in [0.717, 1.165) is 40.6 Å². The molecule has 0 unspecified atom stereocenters. The second kappa shape index (κ2) is 6.06. The molecule has 0 aliphatic carbocycles. The van der Waals surface area contributed by atoms with Crippen molar-refractivity contribution in [2.24, 2.45) is 0 Å². The predicted octanol–water partition coefficient (Wildman–Crippen LogP) is 2.81. The maximum atomic E-state index is 5.55. The number of fused-ring (bicyclic) bond motifs is 3. The molecule has 6 heteroatoms. The van der Waals surface area contributed by atoms with Gasteiger partial charge in [-0.3, -0.25) is 9.97 Å². The summed E-state index contributed by atoms with van der Waals surface area (Å²) in [6.07, 6.45) is 3.60. The van der Waals surface area contributed by atoms with Gasteiger partial charge in [0.2, 0.25) is 0 Å². The molecule has 0 bridgehead atoms. The molecule has 0 atom stereocenters. The number of thiocarbonyl (C=S) groups is 1. The molecule has 116 valence electrons. The quantitative estimate of drug-likeness (QED) is 0.549. The van der Waals surface area contributed by atoms with Crippen LogP contribution < -0.4 is 5.32 Å². The lowest BCUT2D eigenvalue weighted by atomic mass is 10.1. The van der Waals surface area contributed by atoms with Crippen LogP contribution in [0, 0.1) is 0 Å². The van der Waals surface area contributed by atoms with E-state index in [1.165, 1.54) is 0 Å². The van der Waals surface area contributed by atoms with E-state index < -0.39 is 0 Å². The lowest BCUT2D eigenvalue weighted by molar-refractivity contribution is 0.0690. The predicted molar refractivity (Wildman–Crippen MR) is 95.7 cm³/mol. The normalized spacial score (nSPS) is 15.0. The SMILES string of the molecule is S=C(Nc1cc2ncccc2c2cccnc12)N1CCOCC1. The number of rotatable bonds is 1. The zero-order valence-electron chi connectivity index (χ0n) is 12.5. The summed E-state index contributed by atoms with van der Waals surface area (Å²) in [6.45, 7) is 3.03. The molecular formula is C17H16N4OS. The van der Waals surface area contributed by atoms with Gasteiger partial charge in [0, 0.05) is 36.3 Å². The fourth-order valence-electron chi connectivity index (χ4n) is 2.86. The van der Waals surface area contributed by atoms with Crippen LogP contribution in [-0.4, -0.2) is 46.3 Å². The summed E-state index contributed by atoms with van der Waals surface area (Å²) in [5.74, 6) is 0. The van der Waals surface area contributed by atoms with Gasteiger partial charge in [-0.1, -0.05) is 12.1 Å². The van der Waals surface area contributed by atoms with Gasteiger partial charge in [0.15, 0.2) is 5.11 Å². The third-order valence-corrected chi connectivity index (χ3v) is 4.37. The molecular weight excluding hydrogens is 308 g/mol. The van der Waals surface area contributed by atoms with E-state index in [2.05, 4.69) is 32.3 Å². The molecule has 0 radical (unpaired) electrons. The molecule has 3 heterocycles. The summed E-state index contributed by atoms with van der Waals surface area (Å²) < 4.78 is 5.38. The molecule has 4 rings (SSSR count). The Bertz CT molecular complexity index is 877. The molecule has 1 saturated heterocycles. The summed E-state index contributed by atoms with van der Waals surface area (Å²) in [4.78, 5) is 11.1. The average Bonchev–Trinajstić information content (AvgIpc) is 2.62. The van der Waals surface area contributed by atoms with Crippen molar-refractivity contribution in [2.75, 3.05) is 31.6 Å². The summed E-state index contributed by atoms with van der Waals surface area (Å²) in [7, 11) is 0. The van der Waals surface area contributed by atoms with E-state index in [-0.39, 0.29) is 0 Å². The highest BCUT2D eigenvalue weighted by Crippen LogP contribution is 2.29. The fraction of sp³-hybridized carbons (Fsp3) is 0.235. The average molecular weight is 324 g/mol. The first-order chi connectivity index (χ1) is 11.3. The number of ether oxygens (including phenoxy) is 1. The number of hydrogen-bond acceptors (Lipinski definition) is 4. The van der Waals surface area contributed by atoms with Gasteiger partial charge >= 0.3 is 0 Å².